The Morgan fingerprint density at radius 3 is 2.46 bits per heavy atom. The lowest BCUT2D eigenvalue weighted by Crippen LogP contribution is -2.52. The van der Waals surface area contributed by atoms with Crippen LogP contribution in [0.1, 0.15) is 31.2 Å². The van der Waals surface area contributed by atoms with Gasteiger partial charge in [0.25, 0.3) is 0 Å². The quantitative estimate of drug-likeness (QED) is 0.751. The molecule has 1 aromatic rings. The first kappa shape index (κ1) is 19.0. The fraction of sp³-hybridized carbons (Fsp3) is 0.545. The number of amides is 2. The summed E-state index contributed by atoms with van der Waals surface area (Å²) in [6, 6.07) is 9.00. The number of rotatable bonds is 4. The molecule has 0 N–H and O–H groups in total. The smallest absolute Gasteiger partial charge is 0.410 e. The van der Waals surface area contributed by atoms with Gasteiger partial charge in [-0.25, -0.2) is 4.79 Å². The molecule has 0 aromatic heterocycles. The van der Waals surface area contributed by atoms with Crippen LogP contribution in [0.2, 0.25) is 0 Å². The van der Waals surface area contributed by atoms with E-state index >= 15 is 0 Å². The number of nitrogens with zero attached hydrogens (tertiary/aromatic N) is 3. The van der Waals surface area contributed by atoms with Gasteiger partial charge < -0.3 is 19.4 Å². The number of carbonyl (C=O) groups excluding carboxylic acids is 2. The maximum atomic E-state index is 12.5. The Kier molecular flexibility index (Phi) is 5.67. The Labute approximate surface area is 166 Å². The number of anilines is 1. The second-order valence-corrected chi connectivity index (χ2v) is 7.92. The van der Waals surface area contributed by atoms with Gasteiger partial charge in [0.2, 0.25) is 5.91 Å². The molecular weight excluding hydrogens is 354 g/mol. The SMILES string of the molecule is C=CCOC(=O)N1CCC(N2CCC(N3C(=O)Cc4ccccc43)CC2)CC1. The highest BCUT2D eigenvalue weighted by atomic mass is 16.6. The number of fused-ring (bicyclic) bond motifs is 1. The van der Waals surface area contributed by atoms with E-state index in [2.05, 4.69) is 23.6 Å². The first-order valence-corrected chi connectivity index (χ1v) is 10.3. The van der Waals surface area contributed by atoms with Crippen LogP contribution < -0.4 is 4.90 Å². The normalized spacial score (nSPS) is 21.6. The topological polar surface area (TPSA) is 53.1 Å². The van der Waals surface area contributed by atoms with Gasteiger partial charge in [-0.1, -0.05) is 30.9 Å². The lowest BCUT2D eigenvalue weighted by atomic mass is 9.97. The summed E-state index contributed by atoms with van der Waals surface area (Å²) in [5, 5.41) is 0. The Bertz CT molecular complexity index is 734. The van der Waals surface area contributed by atoms with Gasteiger partial charge in [-0.3, -0.25) is 4.79 Å². The zero-order valence-electron chi connectivity index (χ0n) is 16.4. The van der Waals surface area contributed by atoms with E-state index in [0.29, 0.717) is 18.5 Å². The number of hydrogen-bond donors (Lipinski definition) is 0. The molecule has 6 heteroatoms. The predicted octanol–water partition coefficient (Wildman–Crippen LogP) is 2.83. The number of benzene rings is 1. The predicted molar refractivity (Wildman–Crippen MR) is 108 cm³/mol. The van der Waals surface area contributed by atoms with Crippen molar-refractivity contribution in [1.82, 2.24) is 9.80 Å². The average Bonchev–Trinajstić information content (AvgIpc) is 3.08. The number of piperidine rings is 2. The molecule has 0 saturated carbocycles. The molecule has 3 aliphatic rings. The van der Waals surface area contributed by atoms with E-state index < -0.39 is 0 Å². The fourth-order valence-corrected chi connectivity index (χ4v) is 4.82. The van der Waals surface area contributed by atoms with Crippen molar-refractivity contribution in [2.45, 2.75) is 44.2 Å². The highest BCUT2D eigenvalue weighted by Crippen LogP contribution is 2.34. The van der Waals surface area contributed by atoms with E-state index in [1.165, 1.54) is 0 Å². The summed E-state index contributed by atoms with van der Waals surface area (Å²) >= 11 is 0. The number of para-hydroxylation sites is 1. The molecule has 0 radical (unpaired) electrons. The molecular formula is C22H29N3O3. The first-order valence-electron chi connectivity index (χ1n) is 10.3. The molecule has 6 nitrogen and oxygen atoms in total. The molecule has 0 aliphatic carbocycles. The van der Waals surface area contributed by atoms with Crippen molar-refractivity contribution in [3.8, 4) is 0 Å². The number of carbonyl (C=O) groups is 2. The molecule has 2 amide bonds. The van der Waals surface area contributed by atoms with E-state index in [-0.39, 0.29) is 18.6 Å². The van der Waals surface area contributed by atoms with Gasteiger partial charge in [0, 0.05) is 44.0 Å². The van der Waals surface area contributed by atoms with Crippen molar-refractivity contribution in [2.24, 2.45) is 0 Å². The monoisotopic (exact) mass is 383 g/mol. The van der Waals surface area contributed by atoms with E-state index in [9.17, 15) is 9.59 Å². The molecule has 0 bridgehead atoms. The van der Waals surface area contributed by atoms with Crippen LogP contribution in [-0.4, -0.2) is 66.7 Å². The molecule has 150 valence electrons. The summed E-state index contributed by atoms with van der Waals surface area (Å²) in [7, 11) is 0. The third kappa shape index (κ3) is 3.78. The van der Waals surface area contributed by atoms with Crippen molar-refractivity contribution >= 4 is 17.7 Å². The van der Waals surface area contributed by atoms with Crippen LogP contribution in [0.25, 0.3) is 0 Å². The van der Waals surface area contributed by atoms with Gasteiger partial charge >= 0.3 is 6.09 Å². The highest BCUT2D eigenvalue weighted by Gasteiger charge is 2.36. The maximum Gasteiger partial charge on any atom is 0.410 e. The molecule has 0 spiro atoms. The van der Waals surface area contributed by atoms with Crippen molar-refractivity contribution in [2.75, 3.05) is 37.7 Å². The minimum absolute atomic E-state index is 0.233. The summed E-state index contributed by atoms with van der Waals surface area (Å²) in [6.07, 6.45) is 5.90. The Balaban J connectivity index is 1.28. The Hall–Kier alpha value is -2.34. The van der Waals surface area contributed by atoms with Crippen LogP contribution in [0.3, 0.4) is 0 Å². The standard InChI is InChI=1S/C22H29N3O3/c1-2-15-28-22(27)24-13-7-18(8-14-24)23-11-9-19(10-12-23)25-20-6-4-3-5-17(20)16-21(25)26/h2-6,18-19H,1,7-16H2. The molecule has 1 aromatic carbocycles. The van der Waals surface area contributed by atoms with Crippen LogP contribution in [0.15, 0.2) is 36.9 Å². The van der Waals surface area contributed by atoms with E-state index in [1.807, 2.05) is 17.0 Å². The molecule has 2 fully saturated rings. The third-order valence-electron chi connectivity index (χ3n) is 6.29. The lowest BCUT2D eigenvalue weighted by Gasteiger charge is -2.43. The molecule has 0 atom stereocenters. The van der Waals surface area contributed by atoms with E-state index in [4.69, 9.17) is 4.74 Å². The van der Waals surface area contributed by atoms with Crippen molar-refractivity contribution < 1.29 is 14.3 Å². The zero-order valence-corrected chi connectivity index (χ0v) is 16.4. The van der Waals surface area contributed by atoms with Crippen molar-refractivity contribution in [3.63, 3.8) is 0 Å². The average molecular weight is 383 g/mol. The number of ether oxygens (including phenoxy) is 1. The summed E-state index contributed by atoms with van der Waals surface area (Å²) in [5.74, 6) is 0.242. The van der Waals surface area contributed by atoms with Gasteiger partial charge in [-0.2, -0.15) is 0 Å². The molecule has 28 heavy (non-hydrogen) atoms. The summed E-state index contributed by atoms with van der Waals surface area (Å²) < 4.78 is 5.14. The van der Waals surface area contributed by atoms with Crippen LogP contribution in [0.4, 0.5) is 10.5 Å². The van der Waals surface area contributed by atoms with Gasteiger partial charge in [-0.05, 0) is 37.3 Å². The van der Waals surface area contributed by atoms with E-state index in [1.54, 1.807) is 11.0 Å². The number of likely N-dealkylation sites (tertiary alicyclic amines) is 2. The second kappa shape index (κ2) is 8.35. The van der Waals surface area contributed by atoms with E-state index in [0.717, 1.165) is 63.1 Å². The fourth-order valence-electron chi connectivity index (χ4n) is 4.82. The Morgan fingerprint density at radius 1 is 1.07 bits per heavy atom. The van der Waals surface area contributed by atoms with Crippen LogP contribution in [-0.2, 0) is 16.0 Å². The maximum absolute atomic E-state index is 12.5. The molecule has 3 heterocycles. The highest BCUT2D eigenvalue weighted by molar-refractivity contribution is 6.01. The van der Waals surface area contributed by atoms with Gasteiger partial charge in [-0.15, -0.1) is 0 Å². The van der Waals surface area contributed by atoms with Gasteiger partial charge in [0.1, 0.15) is 6.61 Å². The van der Waals surface area contributed by atoms with Crippen LogP contribution in [0.5, 0.6) is 0 Å². The largest absolute Gasteiger partial charge is 0.445 e. The molecule has 2 saturated heterocycles. The minimum atomic E-state index is -0.233. The van der Waals surface area contributed by atoms with Crippen LogP contribution in [0, 0.1) is 0 Å². The van der Waals surface area contributed by atoms with Crippen molar-refractivity contribution in [1.29, 1.82) is 0 Å². The summed E-state index contributed by atoms with van der Waals surface area (Å²) in [4.78, 5) is 30.9. The number of hydrogen-bond acceptors (Lipinski definition) is 4. The molecule has 3 aliphatic heterocycles. The zero-order chi connectivity index (χ0) is 19.5. The van der Waals surface area contributed by atoms with Gasteiger partial charge in [0.05, 0.1) is 6.42 Å². The molecule has 4 rings (SSSR count). The second-order valence-electron chi connectivity index (χ2n) is 7.92. The summed E-state index contributed by atoms with van der Waals surface area (Å²) in [5.41, 5.74) is 2.27. The third-order valence-corrected chi connectivity index (χ3v) is 6.29. The van der Waals surface area contributed by atoms with Gasteiger partial charge in [0.15, 0.2) is 0 Å². The lowest BCUT2D eigenvalue weighted by molar-refractivity contribution is -0.118. The van der Waals surface area contributed by atoms with Crippen LogP contribution >= 0.6 is 0 Å². The Morgan fingerprint density at radius 2 is 1.75 bits per heavy atom. The van der Waals surface area contributed by atoms with Crippen molar-refractivity contribution in [3.05, 3.63) is 42.5 Å². The first-order chi connectivity index (χ1) is 13.7. The molecule has 0 unspecified atom stereocenters. The minimum Gasteiger partial charge on any atom is -0.445 e. The summed E-state index contributed by atoms with van der Waals surface area (Å²) in [6.45, 7) is 7.37.